The fourth-order valence-electron chi connectivity index (χ4n) is 1.30. The van der Waals surface area contributed by atoms with E-state index < -0.39 is 0 Å². The van der Waals surface area contributed by atoms with Gasteiger partial charge in [0, 0.05) is 12.3 Å². The summed E-state index contributed by atoms with van der Waals surface area (Å²) in [5.74, 6) is 0.698. The third-order valence-electron chi connectivity index (χ3n) is 2.02. The maximum atomic E-state index is 5.72. The van der Waals surface area contributed by atoms with Gasteiger partial charge in [-0.3, -0.25) is 0 Å². The molecule has 15 heavy (non-hydrogen) atoms. The van der Waals surface area contributed by atoms with Crippen molar-refractivity contribution in [1.82, 2.24) is 4.98 Å². The average Bonchev–Trinajstić information content (AvgIpc) is 2.28. The highest BCUT2D eigenvalue weighted by atomic mass is 35.5. The number of ether oxygens (including phenoxy) is 3. The van der Waals surface area contributed by atoms with Gasteiger partial charge in [0.25, 0.3) is 0 Å². The fourth-order valence-corrected chi connectivity index (χ4v) is 1.46. The zero-order valence-corrected chi connectivity index (χ0v) is 8.94. The Hall–Kier alpha value is -0.840. The third-order valence-corrected chi connectivity index (χ3v) is 2.23. The molecule has 0 spiro atoms. The number of nitrogens with zero attached hydrogens (tertiary/aromatic N) is 1. The van der Waals surface area contributed by atoms with Gasteiger partial charge in [0.1, 0.15) is 23.6 Å². The standard InChI is InChI=1S/C10H12ClNO3/c11-10-5-8(1-2-12-10)15-7-9-6-13-3-4-14-9/h1-2,5,9H,3-4,6-7H2. The van der Waals surface area contributed by atoms with E-state index in [4.69, 9.17) is 25.8 Å². The molecule has 4 nitrogen and oxygen atoms in total. The van der Waals surface area contributed by atoms with Gasteiger partial charge in [-0.2, -0.15) is 0 Å². The van der Waals surface area contributed by atoms with Crippen LogP contribution in [0.25, 0.3) is 0 Å². The van der Waals surface area contributed by atoms with E-state index in [1.165, 1.54) is 0 Å². The van der Waals surface area contributed by atoms with E-state index in [2.05, 4.69) is 4.98 Å². The van der Waals surface area contributed by atoms with Crippen molar-refractivity contribution in [1.29, 1.82) is 0 Å². The smallest absolute Gasteiger partial charge is 0.132 e. The Bertz CT molecular complexity index is 315. The number of halogens is 1. The number of rotatable bonds is 3. The molecule has 0 amide bonds. The summed E-state index contributed by atoms with van der Waals surface area (Å²) < 4.78 is 16.2. The van der Waals surface area contributed by atoms with E-state index in [0.29, 0.717) is 37.3 Å². The Morgan fingerprint density at radius 2 is 2.47 bits per heavy atom. The fraction of sp³-hybridized carbons (Fsp3) is 0.500. The largest absolute Gasteiger partial charge is 0.491 e. The molecule has 1 aromatic rings. The van der Waals surface area contributed by atoms with Crippen molar-refractivity contribution < 1.29 is 14.2 Å². The first-order valence-electron chi connectivity index (χ1n) is 4.78. The van der Waals surface area contributed by atoms with Gasteiger partial charge in [-0.1, -0.05) is 11.6 Å². The zero-order chi connectivity index (χ0) is 10.5. The molecule has 2 rings (SSSR count). The van der Waals surface area contributed by atoms with E-state index in [0.717, 1.165) is 0 Å². The summed E-state index contributed by atoms with van der Waals surface area (Å²) in [5.41, 5.74) is 0. The maximum absolute atomic E-state index is 5.72. The lowest BCUT2D eigenvalue weighted by Crippen LogP contribution is -2.33. The Balaban J connectivity index is 1.81. The van der Waals surface area contributed by atoms with Crippen LogP contribution < -0.4 is 4.74 Å². The molecule has 1 unspecified atom stereocenters. The van der Waals surface area contributed by atoms with Gasteiger partial charge in [0.05, 0.1) is 19.8 Å². The molecular formula is C10H12ClNO3. The van der Waals surface area contributed by atoms with Crippen molar-refractivity contribution in [2.45, 2.75) is 6.10 Å². The SMILES string of the molecule is Clc1cc(OCC2COCCO2)ccn1. The quantitative estimate of drug-likeness (QED) is 0.737. The second-order valence-electron chi connectivity index (χ2n) is 3.19. The van der Waals surface area contributed by atoms with Crippen LogP contribution >= 0.6 is 11.6 Å². The molecule has 0 bridgehead atoms. The van der Waals surface area contributed by atoms with Crippen LogP contribution in [0, 0.1) is 0 Å². The van der Waals surface area contributed by atoms with Gasteiger partial charge in [-0.05, 0) is 6.07 Å². The summed E-state index contributed by atoms with van der Waals surface area (Å²) in [6, 6.07) is 3.43. The Morgan fingerprint density at radius 3 is 3.20 bits per heavy atom. The van der Waals surface area contributed by atoms with Crippen molar-refractivity contribution >= 4 is 11.6 Å². The molecule has 0 radical (unpaired) electrons. The lowest BCUT2D eigenvalue weighted by atomic mass is 10.3. The maximum Gasteiger partial charge on any atom is 0.132 e. The van der Waals surface area contributed by atoms with Gasteiger partial charge in [-0.15, -0.1) is 0 Å². The van der Waals surface area contributed by atoms with Crippen LogP contribution in [0.5, 0.6) is 5.75 Å². The number of aromatic nitrogens is 1. The molecule has 2 heterocycles. The Morgan fingerprint density at radius 1 is 1.53 bits per heavy atom. The van der Waals surface area contributed by atoms with Crippen molar-refractivity contribution in [3.63, 3.8) is 0 Å². The van der Waals surface area contributed by atoms with E-state index >= 15 is 0 Å². The van der Waals surface area contributed by atoms with Crippen LogP contribution in [0.15, 0.2) is 18.3 Å². The first kappa shape index (κ1) is 10.7. The minimum Gasteiger partial charge on any atom is -0.491 e. The van der Waals surface area contributed by atoms with Crippen LogP contribution in [0.4, 0.5) is 0 Å². The summed E-state index contributed by atoms with van der Waals surface area (Å²) in [6.07, 6.45) is 1.61. The molecule has 0 aromatic carbocycles. The predicted molar refractivity (Wildman–Crippen MR) is 55.3 cm³/mol. The topological polar surface area (TPSA) is 40.6 Å². The molecule has 0 aliphatic carbocycles. The summed E-state index contributed by atoms with van der Waals surface area (Å²) in [6.45, 7) is 2.35. The number of hydrogen-bond donors (Lipinski definition) is 0. The number of hydrogen-bond acceptors (Lipinski definition) is 4. The van der Waals surface area contributed by atoms with Crippen molar-refractivity contribution in [2.24, 2.45) is 0 Å². The van der Waals surface area contributed by atoms with E-state index in [1.807, 2.05) is 0 Å². The molecule has 1 atom stereocenters. The molecule has 1 aliphatic rings. The molecule has 82 valence electrons. The lowest BCUT2D eigenvalue weighted by molar-refractivity contribution is -0.101. The first-order valence-corrected chi connectivity index (χ1v) is 5.16. The van der Waals surface area contributed by atoms with Crippen LogP contribution in [-0.2, 0) is 9.47 Å². The first-order chi connectivity index (χ1) is 7.34. The zero-order valence-electron chi connectivity index (χ0n) is 8.19. The van der Waals surface area contributed by atoms with Gasteiger partial charge in [0.15, 0.2) is 0 Å². The second kappa shape index (κ2) is 5.30. The highest BCUT2D eigenvalue weighted by Crippen LogP contribution is 2.15. The van der Waals surface area contributed by atoms with Gasteiger partial charge >= 0.3 is 0 Å². The molecule has 1 fully saturated rings. The van der Waals surface area contributed by atoms with E-state index in [1.54, 1.807) is 18.3 Å². The van der Waals surface area contributed by atoms with Gasteiger partial charge < -0.3 is 14.2 Å². The van der Waals surface area contributed by atoms with Crippen molar-refractivity contribution in [2.75, 3.05) is 26.4 Å². The molecule has 0 N–H and O–H groups in total. The van der Waals surface area contributed by atoms with Gasteiger partial charge in [-0.25, -0.2) is 4.98 Å². The van der Waals surface area contributed by atoms with Crippen LogP contribution in [0.2, 0.25) is 5.15 Å². The minimum atomic E-state index is 0.00527. The van der Waals surface area contributed by atoms with Gasteiger partial charge in [0.2, 0.25) is 0 Å². The predicted octanol–water partition coefficient (Wildman–Crippen LogP) is 1.53. The normalized spacial score (nSPS) is 21.3. The summed E-state index contributed by atoms with van der Waals surface area (Å²) in [7, 11) is 0. The van der Waals surface area contributed by atoms with Crippen molar-refractivity contribution in [3.8, 4) is 5.75 Å². The molecule has 1 saturated heterocycles. The van der Waals surface area contributed by atoms with E-state index in [9.17, 15) is 0 Å². The second-order valence-corrected chi connectivity index (χ2v) is 3.58. The van der Waals surface area contributed by atoms with Crippen molar-refractivity contribution in [3.05, 3.63) is 23.5 Å². The molecular weight excluding hydrogens is 218 g/mol. The summed E-state index contributed by atoms with van der Waals surface area (Å²) in [4.78, 5) is 3.86. The van der Waals surface area contributed by atoms with Crippen LogP contribution in [0.3, 0.4) is 0 Å². The summed E-state index contributed by atoms with van der Waals surface area (Å²) in [5, 5.41) is 0.424. The monoisotopic (exact) mass is 229 g/mol. The Kier molecular flexibility index (Phi) is 3.77. The molecule has 0 saturated carbocycles. The molecule has 5 heteroatoms. The number of pyridine rings is 1. The Labute approximate surface area is 93.1 Å². The summed E-state index contributed by atoms with van der Waals surface area (Å²) >= 11 is 5.72. The van der Waals surface area contributed by atoms with E-state index in [-0.39, 0.29) is 6.10 Å². The molecule has 1 aliphatic heterocycles. The lowest BCUT2D eigenvalue weighted by Gasteiger charge is -2.22. The highest BCUT2D eigenvalue weighted by Gasteiger charge is 2.14. The van der Waals surface area contributed by atoms with Crippen LogP contribution in [0.1, 0.15) is 0 Å². The third kappa shape index (κ3) is 3.34. The average molecular weight is 230 g/mol. The van der Waals surface area contributed by atoms with Crippen LogP contribution in [-0.4, -0.2) is 37.5 Å². The minimum absolute atomic E-state index is 0.00527. The molecule has 1 aromatic heterocycles. The highest BCUT2D eigenvalue weighted by molar-refractivity contribution is 6.29.